The number of fused-ring (bicyclic) bond motifs is 1. The molecule has 0 fully saturated rings. The number of alkyl halides is 3. The summed E-state index contributed by atoms with van der Waals surface area (Å²) in [6, 6.07) is 7.23. The molecule has 3 rings (SSSR count). The van der Waals surface area contributed by atoms with Crippen LogP contribution in [-0.2, 0) is 17.5 Å². The minimum absolute atomic E-state index is 0.0397. The second-order valence-electron chi connectivity index (χ2n) is 7.77. The number of benzene rings is 1. The standard InChI is InChI=1S/C23H25F3N4O2/c1-13-9-19-15(3)18(7-8-20(19)29-21(13)27)22(31)30(14(2)12-32-4)11-17-6-5-16(10-28-17)23(24,25)26/h5-10,14H,11-12H2,1-4H3,(H2,27,29). The SMILES string of the molecule is COCC(C)N(Cc1ccc(C(F)(F)F)cn1)C(=O)c1ccc2nc(N)c(C)cc2c1C. The van der Waals surface area contributed by atoms with Crippen LogP contribution in [0, 0.1) is 13.8 Å². The molecule has 3 aromatic rings. The van der Waals surface area contributed by atoms with E-state index >= 15 is 0 Å². The monoisotopic (exact) mass is 446 g/mol. The van der Waals surface area contributed by atoms with E-state index < -0.39 is 11.7 Å². The van der Waals surface area contributed by atoms with E-state index in [9.17, 15) is 18.0 Å². The normalized spacial score (nSPS) is 12.7. The number of nitrogens with zero attached hydrogens (tertiary/aromatic N) is 3. The van der Waals surface area contributed by atoms with Crippen molar-refractivity contribution in [1.82, 2.24) is 14.9 Å². The van der Waals surface area contributed by atoms with Crippen molar-refractivity contribution in [2.75, 3.05) is 19.5 Å². The fourth-order valence-corrected chi connectivity index (χ4v) is 3.51. The van der Waals surface area contributed by atoms with Crippen LogP contribution in [0.5, 0.6) is 0 Å². The van der Waals surface area contributed by atoms with E-state index in [1.54, 1.807) is 17.0 Å². The minimum atomic E-state index is -4.47. The minimum Gasteiger partial charge on any atom is -0.383 e. The van der Waals surface area contributed by atoms with Gasteiger partial charge in [0.05, 0.1) is 36.0 Å². The van der Waals surface area contributed by atoms with Crippen LogP contribution in [-0.4, -0.2) is 40.5 Å². The number of ether oxygens (including phenoxy) is 1. The van der Waals surface area contributed by atoms with Crippen LogP contribution in [0.15, 0.2) is 36.5 Å². The lowest BCUT2D eigenvalue weighted by atomic mass is 10.00. The van der Waals surface area contributed by atoms with Gasteiger partial charge < -0.3 is 15.4 Å². The van der Waals surface area contributed by atoms with Crippen LogP contribution in [0.2, 0.25) is 0 Å². The Kier molecular flexibility index (Phi) is 6.68. The fourth-order valence-electron chi connectivity index (χ4n) is 3.51. The summed E-state index contributed by atoms with van der Waals surface area (Å²) < 4.78 is 43.8. The van der Waals surface area contributed by atoms with E-state index in [-0.39, 0.29) is 25.1 Å². The number of aryl methyl sites for hydroxylation is 2. The second kappa shape index (κ2) is 9.12. The van der Waals surface area contributed by atoms with Crippen molar-refractivity contribution in [3.05, 3.63) is 64.5 Å². The van der Waals surface area contributed by atoms with Gasteiger partial charge in [-0.05, 0) is 62.2 Å². The molecular weight excluding hydrogens is 421 g/mol. The predicted octanol–water partition coefficient (Wildman–Crippen LogP) is 4.52. The van der Waals surface area contributed by atoms with Crippen LogP contribution in [0.1, 0.15) is 39.7 Å². The van der Waals surface area contributed by atoms with Gasteiger partial charge in [-0.15, -0.1) is 0 Å². The Morgan fingerprint density at radius 3 is 2.53 bits per heavy atom. The first-order valence-corrected chi connectivity index (χ1v) is 10.0. The van der Waals surface area contributed by atoms with Crippen LogP contribution in [0.4, 0.5) is 19.0 Å². The molecule has 0 saturated heterocycles. The van der Waals surface area contributed by atoms with Gasteiger partial charge in [-0.2, -0.15) is 13.2 Å². The largest absolute Gasteiger partial charge is 0.417 e. The summed E-state index contributed by atoms with van der Waals surface area (Å²) in [5, 5.41) is 0.814. The Balaban J connectivity index is 1.98. The molecular formula is C23H25F3N4O2. The average molecular weight is 446 g/mol. The van der Waals surface area contributed by atoms with Gasteiger partial charge in [-0.3, -0.25) is 9.78 Å². The van der Waals surface area contributed by atoms with E-state index in [2.05, 4.69) is 9.97 Å². The Bertz CT molecular complexity index is 1130. The van der Waals surface area contributed by atoms with E-state index in [0.717, 1.165) is 28.8 Å². The highest BCUT2D eigenvalue weighted by Crippen LogP contribution is 2.29. The maximum atomic E-state index is 13.5. The first kappa shape index (κ1) is 23.5. The molecule has 6 nitrogen and oxygen atoms in total. The van der Waals surface area contributed by atoms with Crippen LogP contribution >= 0.6 is 0 Å². The summed E-state index contributed by atoms with van der Waals surface area (Å²) in [6.07, 6.45) is -3.69. The Morgan fingerprint density at radius 1 is 1.22 bits per heavy atom. The van der Waals surface area contributed by atoms with Gasteiger partial charge in [-0.25, -0.2) is 4.98 Å². The predicted molar refractivity (Wildman–Crippen MR) is 116 cm³/mol. The number of nitrogens with two attached hydrogens (primary N) is 1. The lowest BCUT2D eigenvalue weighted by Crippen LogP contribution is -2.41. The molecule has 9 heteroatoms. The van der Waals surface area contributed by atoms with Gasteiger partial charge >= 0.3 is 6.18 Å². The molecule has 0 bridgehead atoms. The third-order valence-electron chi connectivity index (χ3n) is 5.41. The smallest absolute Gasteiger partial charge is 0.383 e. The Morgan fingerprint density at radius 2 is 1.94 bits per heavy atom. The number of aromatic nitrogens is 2. The number of carbonyl (C=O) groups is 1. The van der Waals surface area contributed by atoms with Gasteiger partial charge in [0, 0.05) is 24.3 Å². The van der Waals surface area contributed by atoms with Crippen molar-refractivity contribution in [1.29, 1.82) is 0 Å². The highest BCUT2D eigenvalue weighted by atomic mass is 19.4. The number of halogens is 3. The maximum Gasteiger partial charge on any atom is 0.417 e. The summed E-state index contributed by atoms with van der Waals surface area (Å²) in [5.41, 5.74) is 8.12. The Labute approximate surface area is 184 Å². The number of carbonyl (C=O) groups excluding carboxylic acids is 1. The summed E-state index contributed by atoms with van der Waals surface area (Å²) in [4.78, 5) is 23.4. The van der Waals surface area contributed by atoms with Gasteiger partial charge in [0.25, 0.3) is 5.91 Å². The van der Waals surface area contributed by atoms with Crippen molar-refractivity contribution in [2.24, 2.45) is 0 Å². The quantitative estimate of drug-likeness (QED) is 0.602. The summed E-state index contributed by atoms with van der Waals surface area (Å²) in [6.45, 7) is 5.80. The zero-order valence-corrected chi connectivity index (χ0v) is 18.3. The van der Waals surface area contributed by atoms with E-state index in [1.807, 2.05) is 26.8 Å². The zero-order valence-electron chi connectivity index (χ0n) is 18.3. The number of pyridine rings is 2. The molecule has 1 unspecified atom stereocenters. The molecule has 0 radical (unpaired) electrons. The van der Waals surface area contributed by atoms with Gasteiger partial charge in [0.1, 0.15) is 5.82 Å². The molecule has 0 aliphatic heterocycles. The van der Waals surface area contributed by atoms with Gasteiger partial charge in [0.2, 0.25) is 0 Å². The molecule has 0 aliphatic rings. The molecule has 0 aliphatic carbocycles. The molecule has 1 amide bonds. The molecule has 0 spiro atoms. The maximum absolute atomic E-state index is 13.5. The molecule has 2 heterocycles. The third kappa shape index (κ3) is 4.83. The molecule has 0 saturated carbocycles. The summed E-state index contributed by atoms with van der Waals surface area (Å²) in [7, 11) is 1.52. The first-order valence-electron chi connectivity index (χ1n) is 10.0. The van der Waals surface area contributed by atoms with Crippen LogP contribution in [0.3, 0.4) is 0 Å². The van der Waals surface area contributed by atoms with Crippen molar-refractivity contribution >= 4 is 22.6 Å². The number of hydrogen-bond acceptors (Lipinski definition) is 5. The number of hydrogen-bond donors (Lipinski definition) is 1. The van der Waals surface area contributed by atoms with E-state index in [1.165, 1.54) is 13.2 Å². The number of methoxy groups -OCH3 is 1. The van der Waals surface area contributed by atoms with Gasteiger partial charge in [-0.1, -0.05) is 0 Å². The van der Waals surface area contributed by atoms with E-state index in [0.29, 0.717) is 22.6 Å². The molecule has 1 atom stereocenters. The van der Waals surface area contributed by atoms with Crippen LogP contribution < -0.4 is 5.73 Å². The topological polar surface area (TPSA) is 81.3 Å². The highest BCUT2D eigenvalue weighted by Gasteiger charge is 2.31. The average Bonchev–Trinajstić information content (AvgIpc) is 2.73. The fraction of sp³-hybridized carbons (Fsp3) is 0.348. The second-order valence-corrected chi connectivity index (χ2v) is 7.77. The number of rotatable bonds is 6. The Hall–Kier alpha value is -3.20. The lowest BCUT2D eigenvalue weighted by molar-refractivity contribution is -0.137. The van der Waals surface area contributed by atoms with Gasteiger partial charge in [0.15, 0.2) is 0 Å². The number of anilines is 1. The highest BCUT2D eigenvalue weighted by molar-refractivity contribution is 6.01. The molecule has 2 N–H and O–H groups in total. The molecule has 32 heavy (non-hydrogen) atoms. The molecule has 1 aromatic carbocycles. The molecule has 170 valence electrons. The number of nitrogen functional groups attached to an aromatic ring is 1. The van der Waals surface area contributed by atoms with Crippen molar-refractivity contribution in [2.45, 2.75) is 39.5 Å². The van der Waals surface area contributed by atoms with Crippen molar-refractivity contribution in [3.8, 4) is 0 Å². The van der Waals surface area contributed by atoms with E-state index in [4.69, 9.17) is 10.5 Å². The van der Waals surface area contributed by atoms with Crippen molar-refractivity contribution < 1.29 is 22.7 Å². The summed E-state index contributed by atoms with van der Waals surface area (Å²) >= 11 is 0. The first-order chi connectivity index (χ1) is 15.0. The summed E-state index contributed by atoms with van der Waals surface area (Å²) in [5.74, 6) is 0.157. The zero-order chi connectivity index (χ0) is 23.6. The van der Waals surface area contributed by atoms with Crippen LogP contribution in [0.25, 0.3) is 10.9 Å². The lowest BCUT2D eigenvalue weighted by Gasteiger charge is -2.29. The molecule has 2 aromatic heterocycles. The number of amides is 1. The van der Waals surface area contributed by atoms with Crippen molar-refractivity contribution in [3.63, 3.8) is 0 Å². The third-order valence-corrected chi connectivity index (χ3v) is 5.41.